The average molecular weight is 391 g/mol. The smallest absolute Gasteiger partial charge is 0.307 e. The van der Waals surface area contributed by atoms with E-state index < -0.39 is 5.97 Å². The molecule has 0 fully saturated rings. The van der Waals surface area contributed by atoms with E-state index in [1.54, 1.807) is 30.8 Å². The second-order valence-electron chi connectivity index (χ2n) is 6.41. The molecule has 0 unspecified atom stereocenters. The predicted octanol–water partition coefficient (Wildman–Crippen LogP) is 4.21. The molecule has 0 bridgehead atoms. The highest BCUT2D eigenvalue weighted by Crippen LogP contribution is 2.31. The van der Waals surface area contributed by atoms with Crippen molar-refractivity contribution in [1.29, 1.82) is 0 Å². The number of carboxylic acids is 1. The van der Waals surface area contributed by atoms with Crippen molar-refractivity contribution in [3.8, 4) is 11.4 Å². The molecule has 28 heavy (non-hydrogen) atoms. The molecule has 0 radical (unpaired) electrons. The van der Waals surface area contributed by atoms with Crippen molar-refractivity contribution in [3.05, 3.63) is 71.8 Å². The number of phenolic OH excluding ortho intramolecular Hbond substituents is 1. The van der Waals surface area contributed by atoms with Crippen molar-refractivity contribution < 1.29 is 15.0 Å². The summed E-state index contributed by atoms with van der Waals surface area (Å²) in [5, 5.41) is 28.4. The molecule has 0 aliphatic carbocycles. The second-order valence-corrected chi connectivity index (χ2v) is 7.55. The molecule has 0 aliphatic heterocycles. The van der Waals surface area contributed by atoms with Gasteiger partial charge in [-0.2, -0.15) is 0 Å². The molecule has 0 aliphatic rings. The molecule has 7 heteroatoms. The van der Waals surface area contributed by atoms with Crippen molar-refractivity contribution in [1.82, 2.24) is 15.0 Å². The summed E-state index contributed by atoms with van der Waals surface area (Å²) in [7, 11) is 0. The van der Waals surface area contributed by atoms with Gasteiger partial charge < -0.3 is 10.2 Å². The van der Waals surface area contributed by atoms with Crippen LogP contribution in [-0.4, -0.2) is 31.2 Å². The van der Waals surface area contributed by atoms with Crippen molar-refractivity contribution in [3.63, 3.8) is 0 Å². The SMILES string of the molecule is Cc1cc(CC(=O)O)cc(-n2nc3ccc(Sc4ccccc4)cc3n2)c1O. The van der Waals surface area contributed by atoms with Gasteiger partial charge in [-0.15, -0.1) is 15.0 Å². The van der Waals surface area contributed by atoms with Gasteiger partial charge in [0.25, 0.3) is 0 Å². The van der Waals surface area contributed by atoms with Gasteiger partial charge >= 0.3 is 5.97 Å². The molecule has 1 aromatic heterocycles. The second kappa shape index (κ2) is 7.36. The number of nitrogens with zero attached hydrogens (tertiary/aromatic N) is 3. The van der Waals surface area contributed by atoms with E-state index in [9.17, 15) is 9.90 Å². The zero-order valence-electron chi connectivity index (χ0n) is 15.0. The van der Waals surface area contributed by atoms with E-state index in [0.717, 1.165) is 9.79 Å². The number of aryl methyl sites for hydroxylation is 1. The third-order valence-electron chi connectivity index (χ3n) is 4.24. The van der Waals surface area contributed by atoms with E-state index in [1.165, 1.54) is 4.80 Å². The molecule has 0 atom stereocenters. The Morgan fingerprint density at radius 3 is 2.50 bits per heavy atom. The van der Waals surface area contributed by atoms with Crippen molar-refractivity contribution >= 4 is 28.8 Å². The minimum atomic E-state index is -0.933. The fourth-order valence-corrected chi connectivity index (χ4v) is 3.83. The highest BCUT2D eigenvalue weighted by Gasteiger charge is 2.14. The number of fused-ring (bicyclic) bond motifs is 1. The zero-order chi connectivity index (χ0) is 19.7. The Kier molecular flexibility index (Phi) is 4.75. The Hall–Kier alpha value is -3.32. The van der Waals surface area contributed by atoms with Crippen LogP contribution in [0.2, 0.25) is 0 Å². The van der Waals surface area contributed by atoms with Gasteiger partial charge in [0.05, 0.1) is 6.42 Å². The Bertz CT molecular complexity index is 1170. The van der Waals surface area contributed by atoms with Crippen LogP contribution in [0.15, 0.2) is 70.5 Å². The Morgan fingerprint density at radius 1 is 1.00 bits per heavy atom. The fourth-order valence-electron chi connectivity index (χ4n) is 2.95. The van der Waals surface area contributed by atoms with Gasteiger partial charge in [-0.1, -0.05) is 36.0 Å². The molecule has 140 valence electrons. The van der Waals surface area contributed by atoms with Gasteiger partial charge in [0.15, 0.2) is 0 Å². The first-order chi connectivity index (χ1) is 13.5. The lowest BCUT2D eigenvalue weighted by Crippen LogP contribution is -2.05. The molecule has 1 heterocycles. The summed E-state index contributed by atoms with van der Waals surface area (Å²) in [4.78, 5) is 14.6. The summed E-state index contributed by atoms with van der Waals surface area (Å²) in [5.41, 5.74) is 2.92. The van der Waals surface area contributed by atoms with Gasteiger partial charge in [0.1, 0.15) is 22.5 Å². The number of benzene rings is 3. The lowest BCUT2D eigenvalue weighted by molar-refractivity contribution is -0.136. The van der Waals surface area contributed by atoms with E-state index in [4.69, 9.17) is 5.11 Å². The van der Waals surface area contributed by atoms with Gasteiger partial charge in [0.2, 0.25) is 0 Å². The molecule has 4 aromatic rings. The van der Waals surface area contributed by atoms with Crippen LogP contribution in [-0.2, 0) is 11.2 Å². The number of aliphatic carboxylic acids is 1. The third-order valence-corrected chi connectivity index (χ3v) is 5.24. The summed E-state index contributed by atoms with van der Waals surface area (Å²) in [6.07, 6.45) is -0.132. The van der Waals surface area contributed by atoms with Crippen LogP contribution in [0.4, 0.5) is 0 Å². The van der Waals surface area contributed by atoms with E-state index in [-0.39, 0.29) is 12.2 Å². The van der Waals surface area contributed by atoms with Crippen LogP contribution in [0.3, 0.4) is 0 Å². The van der Waals surface area contributed by atoms with Crippen LogP contribution >= 0.6 is 11.8 Å². The van der Waals surface area contributed by atoms with Gasteiger partial charge in [-0.05, 0) is 54.4 Å². The number of hydrogen-bond acceptors (Lipinski definition) is 5. The highest BCUT2D eigenvalue weighted by atomic mass is 32.2. The molecule has 0 saturated heterocycles. The lowest BCUT2D eigenvalue weighted by Gasteiger charge is -2.08. The standard InChI is InChI=1S/C21H17N3O3S/c1-13-9-14(11-20(25)26)10-19(21(13)27)24-22-17-8-7-16(12-18(17)23-24)28-15-5-3-2-4-6-15/h2-10,12,27H,11H2,1H3,(H,25,26). The van der Waals surface area contributed by atoms with E-state index in [1.807, 2.05) is 48.5 Å². The van der Waals surface area contributed by atoms with Crippen LogP contribution in [0.1, 0.15) is 11.1 Å². The fraction of sp³-hybridized carbons (Fsp3) is 0.0952. The van der Waals surface area contributed by atoms with E-state index in [2.05, 4.69) is 10.2 Å². The summed E-state index contributed by atoms with van der Waals surface area (Å²) in [6, 6.07) is 19.1. The van der Waals surface area contributed by atoms with Crippen LogP contribution in [0.25, 0.3) is 16.7 Å². The van der Waals surface area contributed by atoms with Crippen LogP contribution in [0, 0.1) is 6.92 Å². The van der Waals surface area contributed by atoms with Crippen molar-refractivity contribution in [2.24, 2.45) is 0 Å². The quantitative estimate of drug-likeness (QED) is 0.530. The molecule has 2 N–H and O–H groups in total. The number of carbonyl (C=O) groups is 1. The number of phenols is 1. The largest absolute Gasteiger partial charge is 0.505 e. The van der Waals surface area contributed by atoms with E-state index in [0.29, 0.717) is 27.8 Å². The third kappa shape index (κ3) is 3.70. The molecular weight excluding hydrogens is 374 g/mol. The molecule has 3 aromatic carbocycles. The average Bonchev–Trinajstić information content (AvgIpc) is 3.08. The first-order valence-corrected chi connectivity index (χ1v) is 9.46. The zero-order valence-corrected chi connectivity index (χ0v) is 15.8. The van der Waals surface area contributed by atoms with Crippen LogP contribution in [0.5, 0.6) is 5.75 Å². The summed E-state index contributed by atoms with van der Waals surface area (Å²) in [6.45, 7) is 1.72. The number of carboxylic acid groups (broad SMARTS) is 1. The predicted molar refractivity (Wildman–Crippen MR) is 107 cm³/mol. The Morgan fingerprint density at radius 2 is 1.75 bits per heavy atom. The number of aromatic nitrogens is 3. The van der Waals surface area contributed by atoms with Crippen molar-refractivity contribution in [2.75, 3.05) is 0 Å². The minimum absolute atomic E-state index is 0.0355. The molecule has 0 spiro atoms. The maximum atomic E-state index is 11.0. The van der Waals surface area contributed by atoms with Crippen molar-refractivity contribution in [2.45, 2.75) is 23.1 Å². The molecule has 6 nitrogen and oxygen atoms in total. The van der Waals surface area contributed by atoms with E-state index >= 15 is 0 Å². The Labute approximate surface area is 165 Å². The highest BCUT2D eigenvalue weighted by molar-refractivity contribution is 7.99. The van der Waals surface area contributed by atoms with Crippen LogP contribution < -0.4 is 0 Å². The van der Waals surface area contributed by atoms with Gasteiger partial charge in [0, 0.05) is 9.79 Å². The molecule has 0 saturated carbocycles. The molecular formula is C21H17N3O3S. The topological polar surface area (TPSA) is 88.2 Å². The number of hydrogen-bond donors (Lipinski definition) is 2. The number of aromatic hydroxyl groups is 1. The molecule has 4 rings (SSSR count). The maximum Gasteiger partial charge on any atom is 0.307 e. The maximum absolute atomic E-state index is 11.0. The normalized spacial score (nSPS) is 11.0. The number of rotatable bonds is 5. The molecule has 0 amide bonds. The Balaban J connectivity index is 1.72. The summed E-state index contributed by atoms with van der Waals surface area (Å²) >= 11 is 1.63. The lowest BCUT2D eigenvalue weighted by atomic mass is 10.1. The first-order valence-electron chi connectivity index (χ1n) is 8.64. The minimum Gasteiger partial charge on any atom is -0.505 e. The monoisotopic (exact) mass is 391 g/mol. The summed E-state index contributed by atoms with van der Waals surface area (Å²) < 4.78 is 0. The van der Waals surface area contributed by atoms with Gasteiger partial charge in [-0.25, -0.2) is 0 Å². The van der Waals surface area contributed by atoms with Gasteiger partial charge in [-0.3, -0.25) is 4.79 Å². The first kappa shape index (κ1) is 18.1. The summed E-state index contributed by atoms with van der Waals surface area (Å²) in [5.74, 6) is -0.898.